The molecule has 1 aliphatic rings. The molecule has 0 radical (unpaired) electrons. The van der Waals surface area contributed by atoms with Gasteiger partial charge in [0.15, 0.2) is 17.5 Å². The molecule has 9 heteroatoms. The Morgan fingerprint density at radius 2 is 1.52 bits per heavy atom. The number of benzene rings is 2. The Kier molecular flexibility index (Phi) is 5.61. The van der Waals surface area contributed by atoms with Gasteiger partial charge in [0.25, 0.3) is 0 Å². The lowest BCUT2D eigenvalue weighted by atomic mass is 9.95. The zero-order valence-electron chi connectivity index (χ0n) is 14.0. The van der Waals surface area contributed by atoms with E-state index in [9.17, 15) is 26.3 Å². The van der Waals surface area contributed by atoms with E-state index in [2.05, 4.69) is 10.1 Å². The van der Waals surface area contributed by atoms with E-state index in [4.69, 9.17) is 0 Å². The molecule has 2 aromatic rings. The van der Waals surface area contributed by atoms with Gasteiger partial charge in [-0.1, -0.05) is 18.2 Å². The predicted octanol–water partition coefficient (Wildman–Crippen LogP) is 4.00. The van der Waals surface area contributed by atoms with Gasteiger partial charge in [0.2, 0.25) is 0 Å². The van der Waals surface area contributed by atoms with E-state index in [0.717, 1.165) is 24.3 Å². The third kappa shape index (κ3) is 4.54. The Hall–Kier alpha value is -2.26. The number of hydrogen-bond donors (Lipinski definition) is 1. The van der Waals surface area contributed by atoms with Crippen LogP contribution in [0.2, 0.25) is 0 Å². The molecule has 1 fully saturated rings. The van der Waals surface area contributed by atoms with Gasteiger partial charge < -0.3 is 10.1 Å². The van der Waals surface area contributed by atoms with Crippen LogP contribution in [0.4, 0.5) is 26.3 Å². The molecular weight excluding hydrogens is 374 g/mol. The van der Waals surface area contributed by atoms with Crippen molar-refractivity contribution in [3.8, 4) is 5.75 Å². The second kappa shape index (κ2) is 7.77. The van der Waals surface area contributed by atoms with E-state index in [1.54, 1.807) is 0 Å². The van der Waals surface area contributed by atoms with Crippen LogP contribution >= 0.6 is 0 Å². The SMILES string of the molecule is Fc1ccc([C@H](c2ccc(OC(F)(F)F)cc2)N2CCNCC2)c(F)c1F. The lowest BCUT2D eigenvalue weighted by Gasteiger charge is -2.35. The molecule has 1 aliphatic heterocycles. The molecule has 0 aliphatic carbocycles. The van der Waals surface area contributed by atoms with Crippen LogP contribution in [0.1, 0.15) is 17.2 Å². The van der Waals surface area contributed by atoms with Gasteiger partial charge in [0, 0.05) is 31.7 Å². The highest BCUT2D eigenvalue weighted by molar-refractivity contribution is 5.37. The van der Waals surface area contributed by atoms with Crippen molar-refractivity contribution in [2.45, 2.75) is 12.4 Å². The first-order valence-electron chi connectivity index (χ1n) is 8.20. The van der Waals surface area contributed by atoms with Crippen LogP contribution in [0.5, 0.6) is 5.75 Å². The van der Waals surface area contributed by atoms with Gasteiger partial charge in [-0.15, -0.1) is 13.2 Å². The quantitative estimate of drug-likeness (QED) is 0.631. The molecule has 0 amide bonds. The highest BCUT2D eigenvalue weighted by Gasteiger charge is 2.32. The third-order valence-electron chi connectivity index (χ3n) is 4.31. The number of hydrogen-bond acceptors (Lipinski definition) is 3. The summed E-state index contributed by atoms with van der Waals surface area (Å²) < 4.78 is 82.3. The molecule has 3 rings (SSSR count). The van der Waals surface area contributed by atoms with Crippen molar-refractivity contribution in [2.24, 2.45) is 0 Å². The van der Waals surface area contributed by atoms with Gasteiger partial charge in [0.05, 0.1) is 6.04 Å². The van der Waals surface area contributed by atoms with Crippen molar-refractivity contribution in [3.63, 3.8) is 0 Å². The predicted molar refractivity (Wildman–Crippen MR) is 85.7 cm³/mol. The maximum absolute atomic E-state index is 14.4. The van der Waals surface area contributed by atoms with E-state index in [1.165, 1.54) is 12.1 Å². The molecule has 0 aromatic heterocycles. The molecule has 0 saturated carbocycles. The maximum atomic E-state index is 14.4. The first kappa shape index (κ1) is 19.5. The fourth-order valence-corrected chi connectivity index (χ4v) is 3.13. The van der Waals surface area contributed by atoms with Crippen LogP contribution in [0.25, 0.3) is 0 Å². The summed E-state index contributed by atoms with van der Waals surface area (Å²) in [7, 11) is 0. The molecule has 0 unspecified atom stereocenters. The monoisotopic (exact) mass is 390 g/mol. The number of halogens is 6. The van der Waals surface area contributed by atoms with E-state index in [0.29, 0.717) is 31.7 Å². The van der Waals surface area contributed by atoms with Crippen LogP contribution < -0.4 is 10.1 Å². The topological polar surface area (TPSA) is 24.5 Å². The number of alkyl halides is 3. The lowest BCUT2D eigenvalue weighted by Crippen LogP contribution is -2.45. The molecule has 27 heavy (non-hydrogen) atoms. The average molecular weight is 390 g/mol. The standard InChI is InChI=1S/C18H16F6N2O/c19-14-6-5-13(15(20)16(14)21)17(26-9-7-25-8-10-26)11-1-3-12(4-2-11)27-18(22,23)24/h1-6,17,25H,7-10H2/t17-/m0/s1. The number of nitrogens with zero attached hydrogens (tertiary/aromatic N) is 1. The summed E-state index contributed by atoms with van der Waals surface area (Å²) in [5.41, 5.74) is 0.358. The molecular formula is C18H16F6N2O. The van der Waals surface area contributed by atoms with E-state index in [-0.39, 0.29) is 5.56 Å². The van der Waals surface area contributed by atoms with Crippen LogP contribution in [-0.2, 0) is 0 Å². The van der Waals surface area contributed by atoms with Crippen molar-refractivity contribution in [3.05, 3.63) is 65.0 Å². The first-order valence-corrected chi connectivity index (χ1v) is 8.20. The Morgan fingerprint density at radius 3 is 2.11 bits per heavy atom. The summed E-state index contributed by atoms with van der Waals surface area (Å²) in [6.45, 7) is 2.22. The van der Waals surface area contributed by atoms with Crippen molar-refractivity contribution in [1.82, 2.24) is 10.2 Å². The summed E-state index contributed by atoms with van der Waals surface area (Å²) in [6.07, 6.45) is -4.83. The van der Waals surface area contributed by atoms with Crippen LogP contribution in [0.15, 0.2) is 36.4 Å². The highest BCUT2D eigenvalue weighted by Crippen LogP contribution is 2.34. The minimum Gasteiger partial charge on any atom is -0.406 e. The van der Waals surface area contributed by atoms with Gasteiger partial charge >= 0.3 is 6.36 Å². The fraction of sp³-hybridized carbons (Fsp3) is 0.333. The normalized spacial score (nSPS) is 17.0. The fourth-order valence-electron chi connectivity index (χ4n) is 3.13. The molecule has 1 saturated heterocycles. The minimum absolute atomic E-state index is 0.0831. The number of rotatable bonds is 4. The smallest absolute Gasteiger partial charge is 0.406 e. The average Bonchev–Trinajstić information content (AvgIpc) is 2.63. The molecule has 0 spiro atoms. The Bertz CT molecular complexity index is 788. The third-order valence-corrected chi connectivity index (χ3v) is 4.31. The Balaban J connectivity index is 1.99. The summed E-state index contributed by atoms with van der Waals surface area (Å²) in [5.74, 6) is -4.61. The summed E-state index contributed by atoms with van der Waals surface area (Å²) in [5, 5.41) is 3.13. The van der Waals surface area contributed by atoms with Crippen molar-refractivity contribution in [2.75, 3.05) is 26.2 Å². The van der Waals surface area contributed by atoms with Crippen LogP contribution in [-0.4, -0.2) is 37.4 Å². The van der Waals surface area contributed by atoms with Gasteiger partial charge in [-0.3, -0.25) is 4.90 Å². The second-order valence-corrected chi connectivity index (χ2v) is 6.07. The lowest BCUT2D eigenvalue weighted by molar-refractivity contribution is -0.274. The molecule has 3 nitrogen and oxygen atoms in total. The van der Waals surface area contributed by atoms with Crippen molar-refractivity contribution < 1.29 is 31.1 Å². The Labute approximate surface area is 151 Å². The maximum Gasteiger partial charge on any atom is 0.573 e. The number of ether oxygens (including phenoxy) is 1. The first-order chi connectivity index (χ1) is 12.8. The van der Waals surface area contributed by atoms with Gasteiger partial charge in [-0.2, -0.15) is 0 Å². The molecule has 1 atom stereocenters. The van der Waals surface area contributed by atoms with Crippen molar-refractivity contribution in [1.29, 1.82) is 0 Å². The number of nitrogens with one attached hydrogen (secondary N) is 1. The second-order valence-electron chi connectivity index (χ2n) is 6.07. The number of piperazine rings is 1. The molecule has 1 N–H and O–H groups in total. The molecule has 0 bridgehead atoms. The highest BCUT2D eigenvalue weighted by atomic mass is 19.4. The zero-order valence-corrected chi connectivity index (χ0v) is 14.0. The summed E-state index contributed by atoms with van der Waals surface area (Å²) in [6, 6.07) is 6.14. The molecule has 1 heterocycles. The van der Waals surface area contributed by atoms with Gasteiger partial charge in [0.1, 0.15) is 5.75 Å². The Morgan fingerprint density at radius 1 is 0.889 bits per heavy atom. The van der Waals surface area contributed by atoms with E-state index < -0.39 is 35.6 Å². The van der Waals surface area contributed by atoms with Gasteiger partial charge in [-0.05, 0) is 23.8 Å². The molecule has 2 aromatic carbocycles. The van der Waals surface area contributed by atoms with E-state index >= 15 is 0 Å². The van der Waals surface area contributed by atoms with Crippen LogP contribution in [0.3, 0.4) is 0 Å². The molecule has 146 valence electrons. The van der Waals surface area contributed by atoms with Crippen molar-refractivity contribution >= 4 is 0 Å². The van der Waals surface area contributed by atoms with E-state index in [1.807, 2.05) is 4.90 Å². The van der Waals surface area contributed by atoms with Gasteiger partial charge in [-0.25, -0.2) is 13.2 Å². The zero-order chi connectivity index (χ0) is 19.6. The summed E-state index contributed by atoms with van der Waals surface area (Å²) >= 11 is 0. The minimum atomic E-state index is -4.83. The summed E-state index contributed by atoms with van der Waals surface area (Å²) in [4.78, 5) is 1.85. The van der Waals surface area contributed by atoms with Crippen LogP contribution in [0, 0.1) is 17.5 Å². The largest absolute Gasteiger partial charge is 0.573 e.